The highest BCUT2D eigenvalue weighted by Gasteiger charge is 2.24. The third-order valence-electron chi connectivity index (χ3n) is 3.71. The molecule has 2 heterocycles. The molecule has 0 saturated carbocycles. The fourth-order valence-electron chi connectivity index (χ4n) is 2.86. The van der Waals surface area contributed by atoms with Crippen molar-refractivity contribution in [3.05, 3.63) is 35.7 Å². The molecule has 1 aromatic heterocycles. The van der Waals surface area contributed by atoms with E-state index in [1.807, 2.05) is 18.2 Å². The summed E-state index contributed by atoms with van der Waals surface area (Å²) >= 11 is 0. The Hall–Kier alpha value is -1.72. The molecule has 1 fully saturated rings. The van der Waals surface area contributed by atoms with E-state index in [0.29, 0.717) is 18.3 Å². The lowest BCUT2D eigenvalue weighted by Crippen LogP contribution is -2.44. The van der Waals surface area contributed by atoms with Gasteiger partial charge in [0.15, 0.2) is 0 Å². The van der Waals surface area contributed by atoms with E-state index in [2.05, 4.69) is 41.9 Å². The monoisotopic (exact) mass is 287 g/mol. The highest BCUT2D eigenvalue weighted by Crippen LogP contribution is 2.21. The Morgan fingerprint density at radius 2 is 1.90 bits per heavy atom. The van der Waals surface area contributed by atoms with Gasteiger partial charge in [0, 0.05) is 18.7 Å². The molecule has 0 spiro atoms. The summed E-state index contributed by atoms with van der Waals surface area (Å²) < 4.78 is 11.1. The third-order valence-corrected chi connectivity index (χ3v) is 3.71. The Balaban J connectivity index is 1.72. The van der Waals surface area contributed by atoms with Crippen molar-refractivity contribution in [2.75, 3.05) is 13.1 Å². The maximum absolute atomic E-state index is 5.74. The molecule has 0 radical (unpaired) electrons. The van der Waals surface area contributed by atoms with Crippen molar-refractivity contribution < 1.29 is 9.26 Å². The second-order valence-electron chi connectivity index (χ2n) is 5.78. The van der Waals surface area contributed by atoms with E-state index < -0.39 is 0 Å². The highest BCUT2D eigenvalue weighted by atomic mass is 16.5. The summed E-state index contributed by atoms with van der Waals surface area (Å²) in [5, 5.41) is 4.11. The van der Waals surface area contributed by atoms with Crippen LogP contribution in [-0.2, 0) is 11.3 Å². The predicted molar refractivity (Wildman–Crippen MR) is 79.8 cm³/mol. The number of morpholine rings is 1. The van der Waals surface area contributed by atoms with Gasteiger partial charge in [0.25, 0.3) is 0 Å². The lowest BCUT2D eigenvalue weighted by Gasteiger charge is -2.34. The van der Waals surface area contributed by atoms with Gasteiger partial charge < -0.3 is 9.26 Å². The molecule has 5 heteroatoms. The highest BCUT2D eigenvalue weighted by molar-refractivity contribution is 5.58. The van der Waals surface area contributed by atoms with E-state index in [9.17, 15) is 0 Å². The molecule has 1 aromatic carbocycles. The van der Waals surface area contributed by atoms with Gasteiger partial charge in [0.2, 0.25) is 11.7 Å². The molecule has 1 aliphatic heterocycles. The van der Waals surface area contributed by atoms with E-state index >= 15 is 0 Å². The van der Waals surface area contributed by atoms with Crippen LogP contribution in [0.5, 0.6) is 0 Å². The first-order chi connectivity index (χ1) is 10.1. The van der Waals surface area contributed by atoms with Gasteiger partial charge in [0.05, 0.1) is 18.8 Å². The summed E-state index contributed by atoms with van der Waals surface area (Å²) in [6.07, 6.45) is 0.486. The quantitative estimate of drug-likeness (QED) is 0.868. The van der Waals surface area contributed by atoms with Crippen LogP contribution >= 0.6 is 0 Å². The summed E-state index contributed by atoms with van der Waals surface area (Å²) in [4.78, 5) is 6.82. The zero-order chi connectivity index (χ0) is 14.8. The Bertz CT molecular complexity index is 601. The third kappa shape index (κ3) is 3.31. The zero-order valence-corrected chi connectivity index (χ0v) is 12.7. The van der Waals surface area contributed by atoms with Gasteiger partial charge in [0.1, 0.15) is 0 Å². The molecule has 0 N–H and O–H groups in total. The first-order valence-electron chi connectivity index (χ1n) is 7.38. The van der Waals surface area contributed by atoms with Crippen LogP contribution in [0.1, 0.15) is 25.3 Å². The summed E-state index contributed by atoms with van der Waals surface area (Å²) in [6, 6.07) is 8.07. The summed E-state index contributed by atoms with van der Waals surface area (Å²) in [5.74, 6) is 1.33. The molecule has 0 amide bonds. The lowest BCUT2D eigenvalue weighted by molar-refractivity contribution is -0.0725. The standard InChI is InChI=1S/C16H21N3O2/c1-11-6-4-5-7-14(11)16-17-15(21-18-16)10-19-8-12(2)20-13(3)9-19/h4-7,12-13H,8-10H2,1-3H3/t12-,13+. The van der Waals surface area contributed by atoms with Gasteiger partial charge in [-0.25, -0.2) is 0 Å². The number of aromatic nitrogens is 2. The Kier molecular flexibility index (Phi) is 4.03. The molecule has 2 atom stereocenters. The second-order valence-corrected chi connectivity index (χ2v) is 5.78. The summed E-state index contributed by atoms with van der Waals surface area (Å²) in [7, 11) is 0. The number of aryl methyl sites for hydroxylation is 1. The van der Waals surface area contributed by atoms with Crippen LogP contribution in [0.25, 0.3) is 11.4 Å². The van der Waals surface area contributed by atoms with Gasteiger partial charge in [-0.05, 0) is 26.3 Å². The normalized spacial score (nSPS) is 23.4. The SMILES string of the molecule is Cc1ccccc1-c1noc(CN2C[C@@H](C)O[C@@H](C)C2)n1. The van der Waals surface area contributed by atoms with Crippen molar-refractivity contribution in [2.45, 2.75) is 39.5 Å². The van der Waals surface area contributed by atoms with E-state index in [0.717, 1.165) is 24.2 Å². The molecule has 2 aromatic rings. The van der Waals surface area contributed by atoms with Crippen LogP contribution < -0.4 is 0 Å². The predicted octanol–water partition coefficient (Wildman–Crippen LogP) is 2.65. The van der Waals surface area contributed by atoms with Gasteiger partial charge in [-0.15, -0.1) is 0 Å². The largest absolute Gasteiger partial charge is 0.373 e. The molecular weight excluding hydrogens is 266 g/mol. The lowest BCUT2D eigenvalue weighted by atomic mass is 10.1. The number of ether oxygens (including phenoxy) is 1. The van der Waals surface area contributed by atoms with Crippen molar-refractivity contribution >= 4 is 0 Å². The first kappa shape index (κ1) is 14.2. The molecular formula is C16H21N3O2. The van der Waals surface area contributed by atoms with E-state index in [1.165, 1.54) is 0 Å². The number of nitrogens with zero attached hydrogens (tertiary/aromatic N) is 3. The van der Waals surface area contributed by atoms with Crippen LogP contribution in [-0.4, -0.2) is 40.3 Å². The number of rotatable bonds is 3. The second kappa shape index (κ2) is 5.95. The molecule has 0 aliphatic carbocycles. The minimum atomic E-state index is 0.243. The molecule has 0 unspecified atom stereocenters. The van der Waals surface area contributed by atoms with E-state index in [1.54, 1.807) is 0 Å². The first-order valence-corrected chi connectivity index (χ1v) is 7.38. The maximum atomic E-state index is 5.74. The zero-order valence-electron chi connectivity index (χ0n) is 12.7. The topological polar surface area (TPSA) is 51.4 Å². The van der Waals surface area contributed by atoms with Gasteiger partial charge in [-0.3, -0.25) is 4.90 Å². The Morgan fingerprint density at radius 3 is 2.62 bits per heavy atom. The Morgan fingerprint density at radius 1 is 1.19 bits per heavy atom. The number of hydrogen-bond donors (Lipinski definition) is 0. The van der Waals surface area contributed by atoms with Crippen molar-refractivity contribution in [1.29, 1.82) is 0 Å². The van der Waals surface area contributed by atoms with Crippen molar-refractivity contribution in [3.8, 4) is 11.4 Å². The average Bonchev–Trinajstić information content (AvgIpc) is 2.86. The van der Waals surface area contributed by atoms with Gasteiger partial charge in [-0.2, -0.15) is 4.98 Å². The molecule has 0 bridgehead atoms. The molecule has 112 valence electrons. The maximum Gasteiger partial charge on any atom is 0.241 e. The fraction of sp³-hybridized carbons (Fsp3) is 0.500. The number of hydrogen-bond acceptors (Lipinski definition) is 5. The molecule has 1 saturated heterocycles. The summed E-state index contributed by atoms with van der Waals surface area (Å²) in [5.41, 5.74) is 2.18. The smallest absolute Gasteiger partial charge is 0.241 e. The van der Waals surface area contributed by atoms with Crippen LogP contribution in [0.3, 0.4) is 0 Å². The van der Waals surface area contributed by atoms with Crippen LogP contribution in [0.4, 0.5) is 0 Å². The minimum Gasteiger partial charge on any atom is -0.373 e. The minimum absolute atomic E-state index is 0.243. The van der Waals surface area contributed by atoms with Gasteiger partial charge in [-0.1, -0.05) is 29.4 Å². The van der Waals surface area contributed by atoms with Crippen molar-refractivity contribution in [2.24, 2.45) is 0 Å². The average molecular weight is 287 g/mol. The van der Waals surface area contributed by atoms with Crippen molar-refractivity contribution in [3.63, 3.8) is 0 Å². The fourth-order valence-corrected chi connectivity index (χ4v) is 2.86. The summed E-state index contributed by atoms with van der Waals surface area (Å²) in [6.45, 7) is 8.71. The molecule has 21 heavy (non-hydrogen) atoms. The van der Waals surface area contributed by atoms with Crippen molar-refractivity contribution in [1.82, 2.24) is 15.0 Å². The van der Waals surface area contributed by atoms with Gasteiger partial charge >= 0.3 is 0 Å². The molecule has 1 aliphatic rings. The number of benzene rings is 1. The van der Waals surface area contributed by atoms with E-state index in [4.69, 9.17) is 9.26 Å². The molecule has 3 rings (SSSR count). The van der Waals surface area contributed by atoms with Crippen LogP contribution in [0.2, 0.25) is 0 Å². The molecule has 5 nitrogen and oxygen atoms in total. The Labute approximate surface area is 124 Å². The van der Waals surface area contributed by atoms with Crippen LogP contribution in [0.15, 0.2) is 28.8 Å². The van der Waals surface area contributed by atoms with E-state index in [-0.39, 0.29) is 12.2 Å². The van der Waals surface area contributed by atoms with Crippen LogP contribution in [0, 0.1) is 6.92 Å².